The Balaban J connectivity index is 2.04. The summed E-state index contributed by atoms with van der Waals surface area (Å²) in [6.07, 6.45) is -1.07. The first-order chi connectivity index (χ1) is 7.29. The Kier molecular flexibility index (Phi) is 2.34. The fourth-order valence-corrected chi connectivity index (χ4v) is 1.85. The Morgan fingerprint density at radius 2 is 2.06 bits per heavy atom. The fraction of sp³-hybridized carbons (Fsp3) is 0.800. The number of aliphatic carboxylic acids is 1. The van der Waals surface area contributed by atoms with E-state index in [-0.39, 0.29) is 12.2 Å². The molecule has 0 aromatic rings. The van der Waals surface area contributed by atoms with Crippen LogP contribution < -0.4 is 0 Å². The van der Waals surface area contributed by atoms with E-state index in [1.165, 1.54) is 4.90 Å². The second-order valence-corrected chi connectivity index (χ2v) is 5.05. The molecule has 0 bridgehead atoms. The van der Waals surface area contributed by atoms with Crippen molar-refractivity contribution in [3.63, 3.8) is 0 Å². The minimum absolute atomic E-state index is 0.131. The van der Waals surface area contributed by atoms with E-state index in [9.17, 15) is 9.59 Å². The molecule has 6 heteroatoms. The van der Waals surface area contributed by atoms with E-state index in [1.807, 2.05) is 0 Å². The summed E-state index contributed by atoms with van der Waals surface area (Å²) in [5.74, 6) is -1.05. The number of fused-ring (bicyclic) bond motifs is 1. The molecule has 6 nitrogen and oxygen atoms in total. The lowest BCUT2D eigenvalue weighted by atomic mass is 10.2. The van der Waals surface area contributed by atoms with Crippen LogP contribution in [0.25, 0.3) is 0 Å². The molecular formula is C10H15NO5. The SMILES string of the molecule is CC(C)(C)OC(=O)N1CC2OC2C1C(=O)O. The quantitative estimate of drug-likeness (QED) is 0.661. The molecule has 16 heavy (non-hydrogen) atoms. The predicted molar refractivity (Wildman–Crippen MR) is 53.0 cm³/mol. The number of hydrogen-bond donors (Lipinski definition) is 1. The minimum Gasteiger partial charge on any atom is -0.480 e. The van der Waals surface area contributed by atoms with Crippen LogP contribution in [0.2, 0.25) is 0 Å². The van der Waals surface area contributed by atoms with Crippen molar-refractivity contribution in [1.82, 2.24) is 4.90 Å². The molecule has 3 atom stereocenters. The van der Waals surface area contributed by atoms with Gasteiger partial charge in [-0.25, -0.2) is 9.59 Å². The van der Waals surface area contributed by atoms with E-state index < -0.39 is 23.7 Å². The lowest BCUT2D eigenvalue weighted by Crippen LogP contribution is -2.46. The van der Waals surface area contributed by atoms with Gasteiger partial charge in [-0.2, -0.15) is 0 Å². The number of epoxide rings is 1. The number of nitrogens with zero attached hydrogens (tertiary/aromatic N) is 1. The smallest absolute Gasteiger partial charge is 0.411 e. The number of carboxylic acids is 1. The number of amides is 1. The van der Waals surface area contributed by atoms with Crippen LogP contribution in [0.15, 0.2) is 0 Å². The molecule has 2 rings (SSSR count). The predicted octanol–water partition coefficient (Wildman–Crippen LogP) is 0.458. The van der Waals surface area contributed by atoms with Crippen LogP contribution in [0, 0.1) is 0 Å². The summed E-state index contributed by atoms with van der Waals surface area (Å²) in [6, 6.07) is -0.903. The lowest BCUT2D eigenvalue weighted by molar-refractivity contribution is -0.143. The molecule has 0 aromatic carbocycles. The molecule has 2 saturated heterocycles. The molecule has 3 unspecified atom stereocenters. The van der Waals surface area contributed by atoms with Gasteiger partial charge in [0.1, 0.15) is 17.8 Å². The molecule has 0 spiro atoms. The van der Waals surface area contributed by atoms with Gasteiger partial charge in [0.2, 0.25) is 0 Å². The van der Waals surface area contributed by atoms with Crippen LogP contribution >= 0.6 is 0 Å². The average Bonchev–Trinajstić information content (AvgIpc) is 2.73. The van der Waals surface area contributed by atoms with E-state index in [0.29, 0.717) is 6.54 Å². The highest BCUT2D eigenvalue weighted by molar-refractivity contribution is 5.82. The summed E-state index contributed by atoms with van der Waals surface area (Å²) in [6.45, 7) is 5.53. The van der Waals surface area contributed by atoms with Gasteiger partial charge in [-0.1, -0.05) is 0 Å². The molecule has 2 aliphatic heterocycles. The molecule has 2 heterocycles. The molecule has 0 saturated carbocycles. The van der Waals surface area contributed by atoms with Crippen LogP contribution in [0.4, 0.5) is 4.79 Å². The van der Waals surface area contributed by atoms with Crippen molar-refractivity contribution in [2.75, 3.05) is 6.54 Å². The summed E-state index contributed by atoms with van der Waals surface area (Å²) in [5.41, 5.74) is -0.617. The third-order valence-corrected chi connectivity index (χ3v) is 2.53. The summed E-state index contributed by atoms with van der Waals surface area (Å²) in [5, 5.41) is 9.00. The number of hydrogen-bond acceptors (Lipinski definition) is 4. The number of carbonyl (C=O) groups is 2. The highest BCUT2D eigenvalue weighted by Gasteiger charge is 2.60. The van der Waals surface area contributed by atoms with Gasteiger partial charge in [-0.3, -0.25) is 4.90 Å². The number of carboxylic acid groups (broad SMARTS) is 1. The third-order valence-electron chi connectivity index (χ3n) is 2.53. The zero-order valence-electron chi connectivity index (χ0n) is 9.47. The van der Waals surface area contributed by atoms with Crippen molar-refractivity contribution in [2.24, 2.45) is 0 Å². The van der Waals surface area contributed by atoms with Crippen molar-refractivity contribution >= 4 is 12.1 Å². The van der Waals surface area contributed by atoms with E-state index in [2.05, 4.69) is 0 Å². The van der Waals surface area contributed by atoms with Gasteiger partial charge < -0.3 is 14.6 Å². The van der Waals surface area contributed by atoms with Crippen molar-refractivity contribution in [1.29, 1.82) is 0 Å². The Labute approximate surface area is 93.1 Å². The van der Waals surface area contributed by atoms with Crippen molar-refractivity contribution in [3.8, 4) is 0 Å². The van der Waals surface area contributed by atoms with Crippen molar-refractivity contribution in [2.45, 2.75) is 44.6 Å². The second-order valence-electron chi connectivity index (χ2n) is 5.05. The molecular weight excluding hydrogens is 214 g/mol. The van der Waals surface area contributed by atoms with Gasteiger partial charge in [0.15, 0.2) is 6.04 Å². The molecule has 2 aliphatic rings. The molecule has 2 fully saturated rings. The Morgan fingerprint density at radius 3 is 2.56 bits per heavy atom. The first kappa shape index (κ1) is 11.2. The van der Waals surface area contributed by atoms with E-state index >= 15 is 0 Å². The zero-order valence-corrected chi connectivity index (χ0v) is 9.47. The van der Waals surface area contributed by atoms with Crippen LogP contribution in [-0.2, 0) is 14.3 Å². The minimum atomic E-state index is -1.05. The summed E-state index contributed by atoms with van der Waals surface area (Å²) >= 11 is 0. The summed E-state index contributed by atoms with van der Waals surface area (Å²) in [4.78, 5) is 23.9. The highest BCUT2D eigenvalue weighted by Crippen LogP contribution is 2.37. The van der Waals surface area contributed by atoms with Crippen LogP contribution in [0.3, 0.4) is 0 Å². The van der Waals surface area contributed by atoms with Gasteiger partial charge in [0, 0.05) is 0 Å². The first-order valence-corrected chi connectivity index (χ1v) is 5.17. The summed E-state index contributed by atoms with van der Waals surface area (Å²) in [7, 11) is 0. The monoisotopic (exact) mass is 229 g/mol. The van der Waals surface area contributed by atoms with Crippen LogP contribution in [0.5, 0.6) is 0 Å². The van der Waals surface area contributed by atoms with Crippen LogP contribution in [-0.4, -0.2) is 52.5 Å². The lowest BCUT2D eigenvalue weighted by Gasteiger charge is -2.27. The van der Waals surface area contributed by atoms with E-state index in [1.54, 1.807) is 20.8 Å². The first-order valence-electron chi connectivity index (χ1n) is 5.17. The molecule has 0 radical (unpaired) electrons. The molecule has 0 aromatic heterocycles. The fourth-order valence-electron chi connectivity index (χ4n) is 1.85. The second kappa shape index (κ2) is 3.35. The molecule has 90 valence electrons. The van der Waals surface area contributed by atoms with Gasteiger partial charge in [0.25, 0.3) is 0 Å². The number of rotatable bonds is 1. The van der Waals surface area contributed by atoms with Gasteiger partial charge in [-0.15, -0.1) is 0 Å². The summed E-state index contributed by atoms with van der Waals surface area (Å²) < 4.78 is 10.2. The maximum atomic E-state index is 11.7. The van der Waals surface area contributed by atoms with E-state index in [0.717, 1.165) is 0 Å². The standard InChI is InChI=1S/C10H15NO5/c1-10(2,3)16-9(14)11-4-5-7(15-5)6(11)8(12)13/h5-7H,4H2,1-3H3,(H,12,13). The molecule has 0 aliphatic carbocycles. The highest BCUT2D eigenvalue weighted by atomic mass is 16.6. The Bertz CT molecular complexity index is 335. The number of ether oxygens (including phenoxy) is 2. The van der Waals surface area contributed by atoms with Crippen molar-refractivity contribution < 1.29 is 24.2 Å². The largest absolute Gasteiger partial charge is 0.480 e. The topological polar surface area (TPSA) is 79.4 Å². The Hall–Kier alpha value is -1.30. The average molecular weight is 229 g/mol. The maximum Gasteiger partial charge on any atom is 0.411 e. The van der Waals surface area contributed by atoms with Crippen LogP contribution in [0.1, 0.15) is 20.8 Å². The Morgan fingerprint density at radius 1 is 1.44 bits per heavy atom. The van der Waals surface area contributed by atoms with Gasteiger partial charge >= 0.3 is 12.1 Å². The molecule has 1 amide bonds. The van der Waals surface area contributed by atoms with Gasteiger partial charge in [-0.05, 0) is 20.8 Å². The number of likely N-dealkylation sites (tertiary alicyclic amines) is 1. The van der Waals surface area contributed by atoms with E-state index in [4.69, 9.17) is 14.6 Å². The maximum absolute atomic E-state index is 11.7. The third kappa shape index (κ3) is 1.97. The van der Waals surface area contributed by atoms with Gasteiger partial charge in [0.05, 0.1) is 6.54 Å². The number of morpholine rings is 1. The molecule has 1 N–H and O–H groups in total. The van der Waals surface area contributed by atoms with Crippen molar-refractivity contribution in [3.05, 3.63) is 0 Å². The number of carbonyl (C=O) groups excluding carboxylic acids is 1. The normalized spacial score (nSPS) is 32.2. The zero-order chi connectivity index (χ0) is 12.1.